The summed E-state index contributed by atoms with van der Waals surface area (Å²) in [6.07, 6.45) is 13.7. The van der Waals surface area contributed by atoms with E-state index < -0.39 is 15.4 Å². The van der Waals surface area contributed by atoms with Crippen molar-refractivity contribution >= 4 is 10.1 Å². The summed E-state index contributed by atoms with van der Waals surface area (Å²) in [6.45, 7) is 4.35. The van der Waals surface area contributed by atoms with Crippen molar-refractivity contribution in [3.8, 4) is 0 Å². The van der Waals surface area contributed by atoms with Gasteiger partial charge in [-0.3, -0.25) is 4.55 Å². The van der Waals surface area contributed by atoms with Crippen LogP contribution in [0.5, 0.6) is 0 Å². The molecule has 0 aromatic rings. The fourth-order valence-electron chi connectivity index (χ4n) is 2.57. The smallest absolute Gasteiger partial charge is 0.267 e. The van der Waals surface area contributed by atoms with Gasteiger partial charge in [-0.25, -0.2) is 0 Å². The van der Waals surface area contributed by atoms with Gasteiger partial charge in [0.15, 0.2) is 0 Å². The molecular formula is C16H34O3S. The molecule has 0 aliphatic carbocycles. The first-order valence-corrected chi connectivity index (χ1v) is 9.99. The van der Waals surface area contributed by atoms with E-state index in [9.17, 15) is 13.0 Å². The van der Waals surface area contributed by atoms with Crippen LogP contribution >= 0.6 is 0 Å². The predicted molar refractivity (Wildman–Crippen MR) is 86.7 cm³/mol. The summed E-state index contributed by atoms with van der Waals surface area (Å²) < 4.78 is 32.0. The Bertz CT molecular complexity index is 299. The largest absolute Gasteiger partial charge is 0.285 e. The van der Waals surface area contributed by atoms with Gasteiger partial charge in [-0.2, -0.15) is 8.42 Å². The monoisotopic (exact) mass is 306 g/mol. The van der Waals surface area contributed by atoms with Gasteiger partial charge in [-0.05, 0) is 12.8 Å². The maximum atomic E-state index is 11.4. The normalized spacial score (nSPS) is 13.6. The van der Waals surface area contributed by atoms with Crippen LogP contribution in [0.2, 0.25) is 0 Å². The summed E-state index contributed by atoms with van der Waals surface area (Å²) in [5.41, 5.74) is 0. The number of unbranched alkanes of at least 4 members (excludes halogenated alkanes) is 9. The van der Waals surface area contributed by atoms with Crippen LogP contribution in [0.3, 0.4) is 0 Å². The number of rotatable bonds is 14. The Balaban J connectivity index is 3.81. The van der Waals surface area contributed by atoms with Crippen LogP contribution in [0, 0.1) is 0 Å². The van der Waals surface area contributed by atoms with E-state index in [4.69, 9.17) is 0 Å². The van der Waals surface area contributed by atoms with E-state index in [1.807, 2.05) is 0 Å². The maximum Gasteiger partial charge on any atom is 0.267 e. The highest BCUT2D eigenvalue weighted by Gasteiger charge is 2.21. The van der Waals surface area contributed by atoms with Crippen LogP contribution in [0.4, 0.5) is 0 Å². The third-order valence-electron chi connectivity index (χ3n) is 3.93. The Hall–Kier alpha value is -0.0900. The van der Waals surface area contributed by atoms with Gasteiger partial charge in [-0.15, -0.1) is 0 Å². The summed E-state index contributed by atoms with van der Waals surface area (Å²) in [6, 6.07) is 0. The Kier molecular flexibility index (Phi) is 12.6. The van der Waals surface area contributed by atoms with Crippen LogP contribution in [-0.2, 0) is 10.1 Å². The van der Waals surface area contributed by atoms with Crippen LogP contribution < -0.4 is 0 Å². The molecule has 1 N–H and O–H groups in total. The summed E-state index contributed by atoms with van der Waals surface area (Å²) >= 11 is 0. The second kappa shape index (κ2) is 12.6. The van der Waals surface area contributed by atoms with Gasteiger partial charge in [0.2, 0.25) is 0 Å². The summed E-state index contributed by atoms with van der Waals surface area (Å²) in [5, 5.41) is -0.532. The van der Waals surface area contributed by atoms with Crippen LogP contribution in [-0.4, -0.2) is 18.2 Å². The van der Waals surface area contributed by atoms with Crippen molar-refractivity contribution in [3.63, 3.8) is 0 Å². The average molecular weight is 307 g/mol. The van der Waals surface area contributed by atoms with Gasteiger partial charge in [0.05, 0.1) is 5.25 Å². The standard InChI is InChI=1S/C16H34O3S/c1-3-5-7-9-11-13-15-16(20(17,18)19)14-12-10-8-6-4-2/h16H,3-15H2,1-2H3,(H,17,18,19). The van der Waals surface area contributed by atoms with Crippen molar-refractivity contribution in [3.05, 3.63) is 0 Å². The molecule has 0 aliphatic rings. The van der Waals surface area contributed by atoms with Crippen molar-refractivity contribution < 1.29 is 13.0 Å². The van der Waals surface area contributed by atoms with Gasteiger partial charge in [-0.1, -0.05) is 84.5 Å². The summed E-state index contributed by atoms with van der Waals surface area (Å²) in [7, 11) is -3.86. The minimum absolute atomic E-state index is 0.532. The lowest BCUT2D eigenvalue weighted by Crippen LogP contribution is -2.20. The molecule has 0 aliphatic heterocycles. The van der Waals surface area contributed by atoms with E-state index in [0.717, 1.165) is 25.7 Å². The minimum atomic E-state index is -3.86. The van der Waals surface area contributed by atoms with E-state index in [0.29, 0.717) is 12.8 Å². The Morgan fingerprint density at radius 2 is 1.05 bits per heavy atom. The van der Waals surface area contributed by atoms with E-state index in [2.05, 4.69) is 13.8 Å². The van der Waals surface area contributed by atoms with Gasteiger partial charge < -0.3 is 0 Å². The second-order valence-corrected chi connectivity index (χ2v) is 7.59. The van der Waals surface area contributed by atoms with E-state index >= 15 is 0 Å². The summed E-state index contributed by atoms with van der Waals surface area (Å²) in [5.74, 6) is 0. The fourth-order valence-corrected chi connectivity index (χ4v) is 3.50. The third-order valence-corrected chi connectivity index (χ3v) is 5.24. The molecule has 4 heteroatoms. The molecule has 0 rings (SSSR count). The fraction of sp³-hybridized carbons (Fsp3) is 1.00. The minimum Gasteiger partial charge on any atom is -0.285 e. The highest BCUT2D eigenvalue weighted by Crippen LogP contribution is 2.18. The Morgan fingerprint density at radius 1 is 0.700 bits per heavy atom. The predicted octanol–water partition coefficient (Wildman–Crippen LogP) is 5.35. The molecule has 0 amide bonds. The van der Waals surface area contributed by atoms with Crippen LogP contribution in [0.1, 0.15) is 97.3 Å². The molecule has 0 fully saturated rings. The summed E-state index contributed by atoms with van der Waals surface area (Å²) in [4.78, 5) is 0. The molecule has 0 heterocycles. The molecular weight excluding hydrogens is 272 g/mol. The molecule has 0 aromatic heterocycles. The lowest BCUT2D eigenvalue weighted by molar-refractivity contribution is 0.443. The zero-order valence-corrected chi connectivity index (χ0v) is 14.3. The van der Waals surface area contributed by atoms with Crippen molar-refractivity contribution in [2.24, 2.45) is 0 Å². The number of hydrogen-bond donors (Lipinski definition) is 1. The topological polar surface area (TPSA) is 54.4 Å². The van der Waals surface area contributed by atoms with Gasteiger partial charge in [0.1, 0.15) is 0 Å². The van der Waals surface area contributed by atoms with Crippen molar-refractivity contribution in [2.45, 2.75) is 103 Å². The molecule has 0 saturated heterocycles. The number of hydrogen-bond acceptors (Lipinski definition) is 2. The van der Waals surface area contributed by atoms with Crippen LogP contribution in [0.25, 0.3) is 0 Å². The molecule has 1 atom stereocenters. The van der Waals surface area contributed by atoms with E-state index in [1.165, 1.54) is 44.9 Å². The molecule has 1 unspecified atom stereocenters. The lowest BCUT2D eigenvalue weighted by Gasteiger charge is -2.13. The molecule has 0 saturated carbocycles. The molecule has 0 aromatic carbocycles. The average Bonchev–Trinajstić information content (AvgIpc) is 2.38. The van der Waals surface area contributed by atoms with Gasteiger partial charge >= 0.3 is 0 Å². The van der Waals surface area contributed by atoms with E-state index in [-0.39, 0.29) is 0 Å². The van der Waals surface area contributed by atoms with Crippen molar-refractivity contribution in [2.75, 3.05) is 0 Å². The molecule has 0 radical (unpaired) electrons. The first-order chi connectivity index (χ1) is 9.52. The Labute approximate surface area is 126 Å². The van der Waals surface area contributed by atoms with E-state index in [1.54, 1.807) is 0 Å². The zero-order chi connectivity index (χ0) is 15.3. The Morgan fingerprint density at radius 3 is 1.40 bits per heavy atom. The third kappa shape index (κ3) is 11.7. The lowest BCUT2D eigenvalue weighted by atomic mass is 10.0. The highest BCUT2D eigenvalue weighted by atomic mass is 32.2. The second-order valence-electron chi connectivity index (χ2n) is 5.90. The SMILES string of the molecule is CCCCCCCCC(CCCCCCC)S(=O)(=O)O. The molecule has 0 bridgehead atoms. The first-order valence-electron chi connectivity index (χ1n) is 8.48. The van der Waals surface area contributed by atoms with Gasteiger partial charge in [0, 0.05) is 0 Å². The molecule has 122 valence electrons. The molecule has 0 spiro atoms. The van der Waals surface area contributed by atoms with Crippen molar-refractivity contribution in [1.29, 1.82) is 0 Å². The highest BCUT2D eigenvalue weighted by molar-refractivity contribution is 7.86. The molecule has 20 heavy (non-hydrogen) atoms. The van der Waals surface area contributed by atoms with Crippen LogP contribution in [0.15, 0.2) is 0 Å². The zero-order valence-electron chi connectivity index (χ0n) is 13.4. The van der Waals surface area contributed by atoms with Crippen molar-refractivity contribution in [1.82, 2.24) is 0 Å². The first kappa shape index (κ1) is 19.9. The quantitative estimate of drug-likeness (QED) is 0.347. The maximum absolute atomic E-state index is 11.4. The molecule has 3 nitrogen and oxygen atoms in total. The van der Waals surface area contributed by atoms with Gasteiger partial charge in [0.25, 0.3) is 10.1 Å².